The van der Waals surface area contributed by atoms with Crippen molar-refractivity contribution in [2.75, 3.05) is 0 Å². The van der Waals surface area contributed by atoms with Crippen LogP contribution in [0.25, 0.3) is 0 Å². The monoisotopic (exact) mass is 202 g/mol. The zero-order valence-corrected chi connectivity index (χ0v) is 9.62. The van der Waals surface area contributed by atoms with E-state index in [0.29, 0.717) is 0 Å². The van der Waals surface area contributed by atoms with Gasteiger partial charge in [0.05, 0.1) is 0 Å². The molecule has 0 atom stereocenters. The molecule has 1 aliphatic rings. The van der Waals surface area contributed by atoms with Crippen molar-refractivity contribution in [3.63, 3.8) is 0 Å². The Balaban J connectivity index is 1.99. The summed E-state index contributed by atoms with van der Waals surface area (Å²) in [6.45, 7) is 0. The number of hydrogen-bond donors (Lipinski definition) is 0. The van der Waals surface area contributed by atoms with Crippen molar-refractivity contribution in [3.05, 3.63) is 35.9 Å². The minimum Gasteiger partial charge on any atom is -0.0622 e. The Hall–Kier alpha value is -0.780. The maximum Gasteiger partial charge on any atom is -0.0162 e. The van der Waals surface area contributed by atoms with Gasteiger partial charge in [-0.05, 0) is 24.3 Å². The number of benzene rings is 1. The first-order valence-electron chi connectivity index (χ1n) is 6.52. The van der Waals surface area contributed by atoms with Crippen LogP contribution in [0.2, 0.25) is 0 Å². The maximum absolute atomic E-state index is 2.31. The Morgan fingerprint density at radius 2 is 1.20 bits per heavy atom. The van der Waals surface area contributed by atoms with Crippen molar-refractivity contribution in [1.29, 1.82) is 0 Å². The molecule has 1 aliphatic carbocycles. The average molecular weight is 202 g/mol. The summed E-state index contributed by atoms with van der Waals surface area (Å²) in [7, 11) is 0. The Kier molecular flexibility index (Phi) is 4.25. The minimum absolute atomic E-state index is 0.837. The van der Waals surface area contributed by atoms with Crippen LogP contribution in [0.1, 0.15) is 62.8 Å². The van der Waals surface area contributed by atoms with Gasteiger partial charge in [-0.3, -0.25) is 0 Å². The highest BCUT2D eigenvalue weighted by Gasteiger charge is 2.11. The lowest BCUT2D eigenvalue weighted by molar-refractivity contribution is 0.539. The molecule has 0 unspecified atom stereocenters. The van der Waals surface area contributed by atoms with Gasteiger partial charge in [-0.25, -0.2) is 0 Å². The molecule has 0 bridgehead atoms. The van der Waals surface area contributed by atoms with Gasteiger partial charge in [0.25, 0.3) is 0 Å². The Bertz CT molecular complexity index is 253. The van der Waals surface area contributed by atoms with Gasteiger partial charge in [0.15, 0.2) is 0 Å². The van der Waals surface area contributed by atoms with Crippen molar-refractivity contribution < 1.29 is 0 Å². The molecule has 15 heavy (non-hydrogen) atoms. The molecule has 82 valence electrons. The van der Waals surface area contributed by atoms with Gasteiger partial charge in [0.2, 0.25) is 0 Å². The highest BCUT2D eigenvalue weighted by molar-refractivity contribution is 5.19. The topological polar surface area (TPSA) is 0 Å². The molecule has 1 aromatic carbocycles. The Morgan fingerprint density at radius 3 is 1.80 bits per heavy atom. The lowest BCUT2D eigenvalue weighted by Gasteiger charge is -2.15. The molecule has 0 heteroatoms. The van der Waals surface area contributed by atoms with E-state index < -0.39 is 0 Å². The fourth-order valence-corrected chi connectivity index (χ4v) is 2.69. The molecule has 0 saturated heterocycles. The van der Waals surface area contributed by atoms with Crippen LogP contribution in [0.4, 0.5) is 0 Å². The summed E-state index contributed by atoms with van der Waals surface area (Å²) >= 11 is 0. The van der Waals surface area contributed by atoms with Gasteiger partial charge in [-0.2, -0.15) is 0 Å². The standard InChI is InChI=1S/C15H22/c1-2-4-7-11-14(10-6-3-1)15-12-8-5-9-13-15/h5,8-9,12-14H,1-4,6-7,10-11H2. The van der Waals surface area contributed by atoms with Crippen LogP contribution in [0.15, 0.2) is 30.3 Å². The highest BCUT2D eigenvalue weighted by Crippen LogP contribution is 2.29. The second kappa shape index (κ2) is 5.95. The second-order valence-electron chi connectivity index (χ2n) is 4.81. The normalized spacial score (nSPS) is 20.3. The quantitative estimate of drug-likeness (QED) is 0.607. The Labute approximate surface area is 93.7 Å². The molecular formula is C15H22. The van der Waals surface area contributed by atoms with E-state index in [1.165, 1.54) is 51.4 Å². The molecule has 0 spiro atoms. The van der Waals surface area contributed by atoms with Gasteiger partial charge in [-0.1, -0.05) is 68.9 Å². The van der Waals surface area contributed by atoms with Gasteiger partial charge < -0.3 is 0 Å². The first-order valence-corrected chi connectivity index (χ1v) is 6.52. The predicted octanol–water partition coefficient (Wildman–Crippen LogP) is 4.90. The lowest BCUT2D eigenvalue weighted by Crippen LogP contribution is -1.98. The summed E-state index contributed by atoms with van der Waals surface area (Å²) in [6, 6.07) is 11.1. The third-order valence-electron chi connectivity index (χ3n) is 3.63. The lowest BCUT2D eigenvalue weighted by atomic mass is 9.90. The molecule has 0 heterocycles. The molecular weight excluding hydrogens is 180 g/mol. The first kappa shape index (κ1) is 10.7. The smallest absolute Gasteiger partial charge is 0.0162 e. The van der Waals surface area contributed by atoms with Crippen molar-refractivity contribution in [1.82, 2.24) is 0 Å². The fraction of sp³-hybridized carbons (Fsp3) is 0.600. The zero-order valence-electron chi connectivity index (χ0n) is 9.62. The minimum atomic E-state index is 0.837. The van der Waals surface area contributed by atoms with E-state index in [1.807, 2.05) is 0 Å². The molecule has 0 radical (unpaired) electrons. The van der Waals surface area contributed by atoms with Crippen LogP contribution >= 0.6 is 0 Å². The van der Waals surface area contributed by atoms with Gasteiger partial charge in [0.1, 0.15) is 0 Å². The first-order chi connectivity index (χ1) is 7.47. The summed E-state index contributed by atoms with van der Waals surface area (Å²) in [5.41, 5.74) is 1.57. The fourth-order valence-electron chi connectivity index (χ4n) is 2.69. The summed E-state index contributed by atoms with van der Waals surface area (Å²) < 4.78 is 0. The molecule has 2 rings (SSSR count). The molecule has 1 aromatic rings. The van der Waals surface area contributed by atoms with Crippen LogP contribution in [0.5, 0.6) is 0 Å². The summed E-state index contributed by atoms with van der Waals surface area (Å²) in [4.78, 5) is 0. The average Bonchev–Trinajstić information content (AvgIpc) is 2.43. The van der Waals surface area contributed by atoms with E-state index in [-0.39, 0.29) is 0 Å². The van der Waals surface area contributed by atoms with Gasteiger partial charge >= 0.3 is 0 Å². The molecule has 1 fully saturated rings. The van der Waals surface area contributed by atoms with Crippen LogP contribution < -0.4 is 0 Å². The Morgan fingerprint density at radius 1 is 0.667 bits per heavy atom. The van der Waals surface area contributed by atoms with E-state index in [1.54, 1.807) is 5.56 Å². The summed E-state index contributed by atoms with van der Waals surface area (Å²) in [5.74, 6) is 0.837. The van der Waals surface area contributed by atoms with E-state index >= 15 is 0 Å². The van der Waals surface area contributed by atoms with Gasteiger partial charge in [-0.15, -0.1) is 0 Å². The molecule has 0 nitrogen and oxygen atoms in total. The van der Waals surface area contributed by atoms with Crippen LogP contribution in [0.3, 0.4) is 0 Å². The van der Waals surface area contributed by atoms with Crippen LogP contribution in [-0.2, 0) is 0 Å². The molecule has 1 saturated carbocycles. The SMILES string of the molecule is c1ccc(C2CCCCCCCC2)cc1. The zero-order chi connectivity index (χ0) is 10.3. The van der Waals surface area contributed by atoms with Crippen molar-refractivity contribution in [3.8, 4) is 0 Å². The van der Waals surface area contributed by atoms with E-state index in [2.05, 4.69) is 30.3 Å². The van der Waals surface area contributed by atoms with E-state index in [4.69, 9.17) is 0 Å². The largest absolute Gasteiger partial charge is 0.0622 e. The summed E-state index contributed by atoms with van der Waals surface area (Å²) in [6.07, 6.45) is 11.5. The number of rotatable bonds is 1. The highest BCUT2D eigenvalue weighted by atomic mass is 14.2. The molecule has 0 N–H and O–H groups in total. The van der Waals surface area contributed by atoms with Crippen molar-refractivity contribution in [2.24, 2.45) is 0 Å². The van der Waals surface area contributed by atoms with E-state index in [9.17, 15) is 0 Å². The van der Waals surface area contributed by atoms with Crippen LogP contribution in [0, 0.1) is 0 Å². The summed E-state index contributed by atoms with van der Waals surface area (Å²) in [5, 5.41) is 0. The van der Waals surface area contributed by atoms with Crippen molar-refractivity contribution >= 4 is 0 Å². The van der Waals surface area contributed by atoms with Crippen LogP contribution in [-0.4, -0.2) is 0 Å². The van der Waals surface area contributed by atoms with E-state index in [0.717, 1.165) is 5.92 Å². The third-order valence-corrected chi connectivity index (χ3v) is 3.63. The second-order valence-corrected chi connectivity index (χ2v) is 4.81. The van der Waals surface area contributed by atoms with Crippen molar-refractivity contribution in [2.45, 2.75) is 57.3 Å². The molecule has 0 aliphatic heterocycles. The molecule has 0 aromatic heterocycles. The number of hydrogen-bond acceptors (Lipinski definition) is 0. The van der Waals surface area contributed by atoms with Gasteiger partial charge in [0, 0.05) is 0 Å². The molecule has 0 amide bonds. The maximum atomic E-state index is 2.31. The third kappa shape index (κ3) is 3.37. The predicted molar refractivity (Wildman–Crippen MR) is 66.1 cm³/mol.